The maximum Gasteiger partial charge on any atom is 0.120 e. The lowest BCUT2D eigenvalue weighted by Gasteiger charge is -2.15. The van der Waals surface area contributed by atoms with Gasteiger partial charge in [0.1, 0.15) is 4.60 Å². The van der Waals surface area contributed by atoms with E-state index in [1.165, 1.54) is 17.7 Å². The van der Waals surface area contributed by atoms with Crippen molar-refractivity contribution in [3.8, 4) is 0 Å². The van der Waals surface area contributed by atoms with Crippen LogP contribution >= 0.6 is 27.3 Å². The zero-order chi connectivity index (χ0) is 10.3. The number of halogens is 1. The second-order valence-electron chi connectivity index (χ2n) is 4.70. The highest BCUT2D eigenvalue weighted by atomic mass is 79.9. The van der Waals surface area contributed by atoms with E-state index in [4.69, 9.17) is 5.73 Å². The normalized spacial score (nSPS) is 17.4. The van der Waals surface area contributed by atoms with Gasteiger partial charge in [0.05, 0.1) is 5.01 Å². The SMILES string of the molecule is CC(C)(N)Cc1nc(Br)c(C2CC2)s1. The lowest BCUT2D eigenvalue weighted by molar-refractivity contribution is 0.515. The van der Waals surface area contributed by atoms with E-state index in [0.717, 1.165) is 21.9 Å². The van der Waals surface area contributed by atoms with Crippen molar-refractivity contribution in [2.45, 2.75) is 44.6 Å². The van der Waals surface area contributed by atoms with E-state index >= 15 is 0 Å². The molecule has 0 amide bonds. The standard InChI is InChI=1S/C10H15BrN2S/c1-10(2,12)5-7-13-9(11)8(14-7)6-3-4-6/h6H,3-5,12H2,1-2H3. The minimum atomic E-state index is -0.155. The van der Waals surface area contributed by atoms with Crippen molar-refractivity contribution in [2.24, 2.45) is 5.73 Å². The molecule has 4 heteroatoms. The molecule has 0 spiro atoms. The second-order valence-corrected chi connectivity index (χ2v) is 6.57. The van der Waals surface area contributed by atoms with E-state index in [1.54, 1.807) is 0 Å². The molecule has 1 aliphatic rings. The second kappa shape index (κ2) is 3.58. The van der Waals surface area contributed by atoms with Crippen LogP contribution in [0.15, 0.2) is 4.60 Å². The van der Waals surface area contributed by atoms with Gasteiger partial charge < -0.3 is 5.73 Å². The zero-order valence-corrected chi connectivity index (χ0v) is 10.9. The van der Waals surface area contributed by atoms with Crippen LogP contribution in [-0.4, -0.2) is 10.5 Å². The van der Waals surface area contributed by atoms with Crippen LogP contribution in [0.2, 0.25) is 0 Å². The molecule has 0 atom stereocenters. The molecule has 0 bridgehead atoms. The third kappa shape index (κ3) is 2.55. The number of rotatable bonds is 3. The Labute approximate surface area is 97.0 Å². The molecule has 2 N–H and O–H groups in total. The van der Waals surface area contributed by atoms with Gasteiger partial charge in [0.15, 0.2) is 0 Å². The monoisotopic (exact) mass is 274 g/mol. The summed E-state index contributed by atoms with van der Waals surface area (Å²) in [4.78, 5) is 5.93. The number of nitrogens with zero attached hydrogens (tertiary/aromatic N) is 1. The van der Waals surface area contributed by atoms with E-state index < -0.39 is 0 Å². The highest BCUT2D eigenvalue weighted by Gasteiger charge is 2.29. The Morgan fingerprint density at radius 1 is 1.57 bits per heavy atom. The Hall–Kier alpha value is 0.0700. The van der Waals surface area contributed by atoms with Crippen molar-refractivity contribution in [1.82, 2.24) is 4.98 Å². The highest BCUT2D eigenvalue weighted by Crippen LogP contribution is 2.46. The van der Waals surface area contributed by atoms with Gasteiger partial charge in [-0.25, -0.2) is 4.98 Å². The molecule has 14 heavy (non-hydrogen) atoms. The van der Waals surface area contributed by atoms with Crippen LogP contribution in [0.5, 0.6) is 0 Å². The van der Waals surface area contributed by atoms with Crippen LogP contribution in [0, 0.1) is 0 Å². The quantitative estimate of drug-likeness (QED) is 0.920. The molecule has 0 radical (unpaired) electrons. The third-order valence-electron chi connectivity index (χ3n) is 2.21. The molecule has 0 saturated heterocycles. The summed E-state index contributed by atoms with van der Waals surface area (Å²) < 4.78 is 1.05. The molecular formula is C10H15BrN2S. The van der Waals surface area contributed by atoms with Crippen LogP contribution in [0.3, 0.4) is 0 Å². The molecule has 0 unspecified atom stereocenters. The van der Waals surface area contributed by atoms with Crippen molar-refractivity contribution in [3.05, 3.63) is 14.5 Å². The van der Waals surface area contributed by atoms with Gasteiger partial charge in [0, 0.05) is 16.8 Å². The molecular weight excluding hydrogens is 260 g/mol. The van der Waals surface area contributed by atoms with E-state index in [9.17, 15) is 0 Å². The van der Waals surface area contributed by atoms with Crippen molar-refractivity contribution in [3.63, 3.8) is 0 Å². The summed E-state index contributed by atoms with van der Waals surface area (Å²) in [7, 11) is 0. The van der Waals surface area contributed by atoms with E-state index in [1.807, 2.05) is 25.2 Å². The molecule has 1 aliphatic carbocycles. The Bertz CT molecular complexity index is 336. The Kier molecular flexibility index (Phi) is 2.70. The highest BCUT2D eigenvalue weighted by molar-refractivity contribution is 9.10. The first-order valence-corrected chi connectivity index (χ1v) is 6.50. The Morgan fingerprint density at radius 3 is 2.71 bits per heavy atom. The number of thiazole rings is 1. The fraction of sp³-hybridized carbons (Fsp3) is 0.700. The van der Waals surface area contributed by atoms with Gasteiger partial charge >= 0.3 is 0 Å². The zero-order valence-electron chi connectivity index (χ0n) is 8.51. The average Bonchev–Trinajstić information content (AvgIpc) is 2.75. The largest absolute Gasteiger partial charge is 0.325 e. The molecule has 1 aromatic heterocycles. The smallest absolute Gasteiger partial charge is 0.120 e. The van der Waals surface area contributed by atoms with Crippen LogP contribution in [0.1, 0.15) is 42.5 Å². The lowest BCUT2D eigenvalue weighted by Crippen LogP contribution is -2.34. The topological polar surface area (TPSA) is 38.9 Å². The fourth-order valence-corrected chi connectivity index (χ4v) is 3.68. The summed E-state index contributed by atoms with van der Waals surface area (Å²) in [6.45, 7) is 4.08. The van der Waals surface area contributed by atoms with Crippen molar-refractivity contribution in [2.75, 3.05) is 0 Å². The lowest BCUT2D eigenvalue weighted by atomic mass is 10.0. The van der Waals surface area contributed by atoms with Gasteiger partial charge in [-0.1, -0.05) is 0 Å². The summed E-state index contributed by atoms with van der Waals surface area (Å²) >= 11 is 5.34. The minimum absolute atomic E-state index is 0.155. The van der Waals surface area contributed by atoms with Gasteiger partial charge in [0.25, 0.3) is 0 Å². The minimum Gasteiger partial charge on any atom is -0.325 e. The first-order valence-electron chi connectivity index (χ1n) is 4.90. The summed E-state index contributed by atoms with van der Waals surface area (Å²) in [5.41, 5.74) is 5.82. The predicted octanol–water partition coefficient (Wildman–Crippen LogP) is 3.06. The number of hydrogen-bond donors (Lipinski definition) is 1. The molecule has 2 rings (SSSR count). The third-order valence-corrected chi connectivity index (χ3v) is 4.29. The summed E-state index contributed by atoms with van der Waals surface area (Å²) in [6, 6.07) is 0. The van der Waals surface area contributed by atoms with Gasteiger partial charge in [-0.3, -0.25) is 0 Å². The van der Waals surface area contributed by atoms with Gasteiger partial charge in [-0.05, 0) is 48.5 Å². The van der Waals surface area contributed by atoms with Crippen molar-refractivity contribution >= 4 is 27.3 Å². The van der Waals surface area contributed by atoms with Crippen LogP contribution in [0.4, 0.5) is 0 Å². The van der Waals surface area contributed by atoms with Gasteiger partial charge in [-0.2, -0.15) is 0 Å². The Morgan fingerprint density at radius 2 is 2.21 bits per heavy atom. The van der Waals surface area contributed by atoms with E-state index in [-0.39, 0.29) is 5.54 Å². The van der Waals surface area contributed by atoms with Crippen molar-refractivity contribution in [1.29, 1.82) is 0 Å². The van der Waals surface area contributed by atoms with Crippen LogP contribution in [-0.2, 0) is 6.42 Å². The molecule has 0 aromatic carbocycles. The number of aromatic nitrogens is 1. The summed E-state index contributed by atoms with van der Waals surface area (Å²) in [5, 5.41) is 1.16. The maximum atomic E-state index is 5.97. The molecule has 1 saturated carbocycles. The van der Waals surface area contributed by atoms with Crippen LogP contribution < -0.4 is 5.73 Å². The fourth-order valence-electron chi connectivity index (χ4n) is 1.42. The summed E-state index contributed by atoms with van der Waals surface area (Å²) in [6.07, 6.45) is 3.52. The molecule has 0 aliphatic heterocycles. The predicted molar refractivity (Wildman–Crippen MR) is 63.8 cm³/mol. The van der Waals surface area contributed by atoms with Crippen LogP contribution in [0.25, 0.3) is 0 Å². The maximum absolute atomic E-state index is 5.97. The van der Waals surface area contributed by atoms with Crippen molar-refractivity contribution < 1.29 is 0 Å². The molecule has 1 fully saturated rings. The number of hydrogen-bond acceptors (Lipinski definition) is 3. The first kappa shape index (κ1) is 10.6. The average molecular weight is 275 g/mol. The molecule has 2 nitrogen and oxygen atoms in total. The molecule has 1 heterocycles. The Balaban J connectivity index is 2.15. The van der Waals surface area contributed by atoms with E-state index in [2.05, 4.69) is 20.9 Å². The van der Waals surface area contributed by atoms with E-state index in [0.29, 0.717) is 0 Å². The first-order chi connectivity index (χ1) is 6.46. The summed E-state index contributed by atoms with van der Waals surface area (Å²) in [5.74, 6) is 0.775. The molecule has 78 valence electrons. The van der Waals surface area contributed by atoms with Gasteiger partial charge in [0.2, 0.25) is 0 Å². The number of nitrogens with two attached hydrogens (primary N) is 1. The van der Waals surface area contributed by atoms with Gasteiger partial charge in [-0.15, -0.1) is 11.3 Å². The molecule has 1 aromatic rings.